The number of ether oxygens (including phenoxy) is 2. The molecule has 0 saturated carbocycles. The number of halogens is 4. The Morgan fingerprint density at radius 3 is 2.19 bits per heavy atom. The fourth-order valence-electron chi connectivity index (χ4n) is 2.75. The summed E-state index contributed by atoms with van der Waals surface area (Å²) in [6, 6.07) is 17.1. The van der Waals surface area contributed by atoms with E-state index in [1.165, 1.54) is 6.20 Å². The van der Waals surface area contributed by atoms with Crippen LogP contribution >= 0.6 is 0 Å². The maximum atomic E-state index is 13.6. The number of benzene rings is 2. The van der Waals surface area contributed by atoms with Crippen molar-refractivity contribution in [2.45, 2.75) is 25.7 Å². The number of rotatable bonds is 9. The lowest BCUT2D eigenvalue weighted by Crippen LogP contribution is -2.35. The first-order valence-corrected chi connectivity index (χ1v) is 9.19. The maximum Gasteiger partial charge on any atom is 0.383 e. The van der Waals surface area contributed by atoms with Crippen molar-refractivity contribution in [2.75, 3.05) is 6.61 Å². The van der Waals surface area contributed by atoms with Gasteiger partial charge < -0.3 is 4.74 Å². The zero-order chi connectivity index (χ0) is 22.5. The first-order chi connectivity index (χ1) is 14.6. The number of aromatic nitrogens is 2. The Balaban J connectivity index is 1.87. The summed E-state index contributed by atoms with van der Waals surface area (Å²) in [5.74, 6) is -0.172. The molecule has 0 atom stereocenters. The van der Waals surface area contributed by atoms with Crippen LogP contribution in [0.3, 0.4) is 0 Å². The lowest BCUT2D eigenvalue weighted by Gasteiger charge is -2.21. The van der Waals surface area contributed by atoms with E-state index in [2.05, 4.69) is 14.7 Å². The molecule has 162 valence electrons. The van der Waals surface area contributed by atoms with E-state index in [-0.39, 0.29) is 24.0 Å². The smallest absolute Gasteiger partial charge is 0.366 e. The van der Waals surface area contributed by atoms with Crippen LogP contribution in [-0.2, 0) is 16.1 Å². The second-order valence-corrected chi connectivity index (χ2v) is 6.66. The van der Waals surface area contributed by atoms with Crippen molar-refractivity contribution >= 4 is 5.78 Å². The topological polar surface area (TPSA) is 61.3 Å². The van der Waals surface area contributed by atoms with Crippen LogP contribution in [0.2, 0.25) is 0 Å². The van der Waals surface area contributed by atoms with Gasteiger partial charge in [0, 0.05) is 24.2 Å². The predicted molar refractivity (Wildman–Crippen MR) is 104 cm³/mol. The van der Waals surface area contributed by atoms with Gasteiger partial charge in [0.05, 0.1) is 17.9 Å². The van der Waals surface area contributed by atoms with Crippen LogP contribution < -0.4 is 0 Å². The Kier molecular flexibility index (Phi) is 6.77. The van der Waals surface area contributed by atoms with Gasteiger partial charge in [-0.25, -0.2) is 9.97 Å². The quantitative estimate of drug-likeness (QED) is 0.346. The van der Waals surface area contributed by atoms with E-state index in [4.69, 9.17) is 4.74 Å². The van der Waals surface area contributed by atoms with Gasteiger partial charge in [-0.2, -0.15) is 17.6 Å². The number of hydrogen-bond donors (Lipinski definition) is 0. The minimum Gasteiger partial charge on any atom is -0.366 e. The molecule has 0 aliphatic carbocycles. The van der Waals surface area contributed by atoms with Gasteiger partial charge in [-0.05, 0) is 0 Å². The number of hydrogen-bond acceptors (Lipinski definition) is 5. The van der Waals surface area contributed by atoms with Crippen molar-refractivity contribution < 1.29 is 31.8 Å². The highest BCUT2D eigenvalue weighted by atomic mass is 19.3. The average Bonchev–Trinajstić information content (AvgIpc) is 2.72. The summed E-state index contributed by atoms with van der Waals surface area (Å²) in [6.07, 6.45) is -6.97. The van der Waals surface area contributed by atoms with Crippen molar-refractivity contribution in [3.8, 4) is 11.4 Å². The number of carbonyl (C=O) groups is 1. The molecule has 5 nitrogen and oxygen atoms in total. The Morgan fingerprint density at radius 1 is 0.968 bits per heavy atom. The SMILES string of the molecule is CC(F)(F)OC(F)(F)COCc1nc(-c2ccccc2)ncc1C(=O)c1ccccc1. The largest absolute Gasteiger partial charge is 0.383 e. The summed E-state index contributed by atoms with van der Waals surface area (Å²) >= 11 is 0. The Hall–Kier alpha value is -3.17. The standard InChI is InChI=1S/C22H18F4N2O3/c1-21(23,24)31-22(25,26)14-30-13-18-17(19(29)15-8-4-2-5-9-15)12-27-20(28-18)16-10-6-3-7-11-16/h2-12H,13-14H2,1H3. The van der Waals surface area contributed by atoms with Crippen molar-refractivity contribution in [1.82, 2.24) is 9.97 Å². The molecule has 2 aromatic carbocycles. The van der Waals surface area contributed by atoms with Gasteiger partial charge >= 0.3 is 12.2 Å². The summed E-state index contributed by atoms with van der Waals surface area (Å²) in [5.41, 5.74) is 1.08. The number of carbonyl (C=O) groups excluding carboxylic acids is 1. The molecule has 9 heteroatoms. The van der Waals surface area contributed by atoms with Gasteiger partial charge in [0.25, 0.3) is 0 Å². The molecular formula is C22H18F4N2O3. The van der Waals surface area contributed by atoms with E-state index in [0.717, 1.165) is 0 Å². The molecular weight excluding hydrogens is 416 g/mol. The maximum absolute atomic E-state index is 13.6. The molecule has 1 aromatic heterocycles. The second kappa shape index (κ2) is 9.32. The van der Waals surface area contributed by atoms with Crippen molar-refractivity contribution in [2.24, 2.45) is 0 Å². The summed E-state index contributed by atoms with van der Waals surface area (Å²) in [6.45, 7) is -1.78. The normalized spacial score (nSPS) is 12.0. The van der Waals surface area contributed by atoms with Gasteiger partial charge in [-0.15, -0.1) is 0 Å². The molecule has 0 fully saturated rings. The third-order valence-electron chi connectivity index (χ3n) is 4.02. The third kappa shape index (κ3) is 6.40. The zero-order valence-electron chi connectivity index (χ0n) is 16.4. The fourth-order valence-corrected chi connectivity index (χ4v) is 2.75. The van der Waals surface area contributed by atoms with Crippen molar-refractivity contribution in [3.63, 3.8) is 0 Å². The molecule has 0 radical (unpaired) electrons. The molecule has 1 heterocycles. The van der Waals surface area contributed by atoms with Crippen LogP contribution in [0.15, 0.2) is 66.9 Å². The number of ketones is 1. The molecule has 0 N–H and O–H groups in total. The van der Waals surface area contributed by atoms with Gasteiger partial charge in [0.2, 0.25) is 0 Å². The average molecular weight is 434 g/mol. The highest BCUT2D eigenvalue weighted by Gasteiger charge is 2.41. The fraction of sp³-hybridized carbons (Fsp3) is 0.227. The van der Waals surface area contributed by atoms with Gasteiger partial charge in [0.15, 0.2) is 11.6 Å². The highest BCUT2D eigenvalue weighted by molar-refractivity contribution is 6.09. The van der Waals surface area contributed by atoms with E-state index in [9.17, 15) is 22.4 Å². The van der Waals surface area contributed by atoms with Crippen LogP contribution in [0.1, 0.15) is 28.5 Å². The van der Waals surface area contributed by atoms with E-state index < -0.39 is 31.2 Å². The molecule has 31 heavy (non-hydrogen) atoms. The summed E-state index contributed by atoms with van der Waals surface area (Å²) in [4.78, 5) is 21.3. The van der Waals surface area contributed by atoms with Crippen LogP contribution in [-0.4, -0.2) is 34.6 Å². The summed E-state index contributed by atoms with van der Waals surface area (Å²) in [5, 5.41) is 0. The van der Waals surface area contributed by atoms with Crippen molar-refractivity contribution in [1.29, 1.82) is 0 Å². The molecule has 0 unspecified atom stereocenters. The van der Waals surface area contributed by atoms with Gasteiger partial charge in [-0.1, -0.05) is 60.7 Å². The monoisotopic (exact) mass is 434 g/mol. The molecule has 0 spiro atoms. The van der Waals surface area contributed by atoms with E-state index >= 15 is 0 Å². The minimum absolute atomic E-state index is 0.0433. The second-order valence-electron chi connectivity index (χ2n) is 6.66. The van der Waals surface area contributed by atoms with Gasteiger partial charge in [-0.3, -0.25) is 9.53 Å². The first kappa shape index (κ1) is 22.5. The molecule has 0 aliphatic rings. The predicted octanol–water partition coefficient (Wildman–Crippen LogP) is 5.11. The molecule has 0 aliphatic heterocycles. The summed E-state index contributed by atoms with van der Waals surface area (Å²) in [7, 11) is 0. The van der Waals surface area contributed by atoms with E-state index in [0.29, 0.717) is 11.1 Å². The lowest BCUT2D eigenvalue weighted by atomic mass is 10.0. The van der Waals surface area contributed by atoms with E-state index in [1.807, 2.05) is 0 Å². The lowest BCUT2D eigenvalue weighted by molar-refractivity contribution is -0.378. The van der Waals surface area contributed by atoms with Gasteiger partial charge in [0.1, 0.15) is 6.61 Å². The van der Waals surface area contributed by atoms with Crippen LogP contribution in [0.4, 0.5) is 17.6 Å². The van der Waals surface area contributed by atoms with E-state index in [1.54, 1.807) is 60.7 Å². The minimum atomic E-state index is -4.23. The number of nitrogens with zero attached hydrogens (tertiary/aromatic N) is 2. The molecule has 0 saturated heterocycles. The molecule has 3 rings (SSSR count). The van der Waals surface area contributed by atoms with Crippen LogP contribution in [0.25, 0.3) is 11.4 Å². The molecule has 0 amide bonds. The van der Waals surface area contributed by atoms with Crippen LogP contribution in [0, 0.1) is 0 Å². The highest BCUT2D eigenvalue weighted by Crippen LogP contribution is 2.27. The Morgan fingerprint density at radius 2 is 1.58 bits per heavy atom. The Bertz CT molecular complexity index is 1030. The van der Waals surface area contributed by atoms with Crippen molar-refractivity contribution in [3.05, 3.63) is 83.7 Å². The Labute approximate surface area is 175 Å². The van der Waals surface area contributed by atoms with Crippen LogP contribution in [0.5, 0.6) is 0 Å². The zero-order valence-corrected chi connectivity index (χ0v) is 16.4. The third-order valence-corrected chi connectivity index (χ3v) is 4.02. The first-order valence-electron chi connectivity index (χ1n) is 9.19. The number of alkyl halides is 4. The summed E-state index contributed by atoms with van der Waals surface area (Å²) < 4.78 is 60.9. The molecule has 0 bridgehead atoms. The molecule has 3 aromatic rings.